The fourth-order valence-corrected chi connectivity index (χ4v) is 2.85. The molecule has 0 amide bonds. The van der Waals surface area contributed by atoms with E-state index in [1.54, 1.807) is 19.2 Å². The van der Waals surface area contributed by atoms with Crippen molar-refractivity contribution in [3.63, 3.8) is 0 Å². The van der Waals surface area contributed by atoms with Crippen LogP contribution in [0.3, 0.4) is 0 Å². The van der Waals surface area contributed by atoms with Gasteiger partial charge in [0, 0.05) is 0 Å². The molecule has 0 atom stereocenters. The first-order chi connectivity index (χ1) is 14.1. The number of rotatable bonds is 8. The number of nitrogens with zero attached hydrogens (tertiary/aromatic N) is 2. The number of methoxy groups -OCH3 is 2. The monoisotopic (exact) mass is 418 g/mol. The molecule has 0 N–H and O–H groups in total. The van der Waals surface area contributed by atoms with Gasteiger partial charge in [-0.1, -0.05) is 28.9 Å². The predicted molar refractivity (Wildman–Crippen MR) is 105 cm³/mol. The molecule has 0 fully saturated rings. The number of para-hydroxylation sites is 1. The second-order valence-electron chi connectivity index (χ2n) is 5.71. The molecule has 2 aromatic carbocycles. The van der Waals surface area contributed by atoms with Gasteiger partial charge in [-0.05, 0) is 31.2 Å². The van der Waals surface area contributed by atoms with Gasteiger partial charge in [-0.3, -0.25) is 0 Å². The van der Waals surface area contributed by atoms with Gasteiger partial charge in [-0.25, -0.2) is 4.79 Å². The van der Waals surface area contributed by atoms with Crippen LogP contribution in [0.4, 0.5) is 0 Å². The Hall–Kier alpha value is -3.26. The summed E-state index contributed by atoms with van der Waals surface area (Å²) in [5, 5.41) is 4.15. The van der Waals surface area contributed by atoms with Crippen LogP contribution in [0.5, 0.6) is 17.2 Å². The van der Waals surface area contributed by atoms with Crippen LogP contribution in [-0.4, -0.2) is 36.9 Å². The van der Waals surface area contributed by atoms with Crippen LogP contribution < -0.4 is 14.2 Å². The number of hydrogen-bond acceptors (Lipinski definition) is 8. The highest BCUT2D eigenvalue weighted by atomic mass is 35.5. The third-order valence-corrected chi connectivity index (χ3v) is 4.18. The maximum absolute atomic E-state index is 12.4. The minimum absolute atomic E-state index is 0.142. The lowest BCUT2D eigenvalue weighted by molar-refractivity contribution is 0.0429. The molecule has 1 heterocycles. The van der Waals surface area contributed by atoms with E-state index in [-0.39, 0.29) is 23.1 Å². The Morgan fingerprint density at radius 1 is 1.14 bits per heavy atom. The molecule has 1 aromatic heterocycles. The van der Waals surface area contributed by atoms with Crippen LogP contribution in [0.1, 0.15) is 23.2 Å². The second-order valence-corrected chi connectivity index (χ2v) is 6.12. The molecule has 8 nitrogen and oxygen atoms in total. The summed E-state index contributed by atoms with van der Waals surface area (Å²) >= 11 is 6.19. The smallest absolute Gasteiger partial charge is 0.338 e. The Balaban J connectivity index is 1.72. The van der Waals surface area contributed by atoms with Crippen molar-refractivity contribution in [3.05, 3.63) is 52.9 Å². The van der Waals surface area contributed by atoms with E-state index in [2.05, 4.69) is 10.1 Å². The molecule has 3 rings (SSSR count). The van der Waals surface area contributed by atoms with Crippen molar-refractivity contribution in [2.45, 2.75) is 13.5 Å². The molecule has 0 aliphatic heterocycles. The number of carbonyl (C=O) groups excluding carboxylic acids is 1. The van der Waals surface area contributed by atoms with Crippen LogP contribution in [0.25, 0.3) is 11.4 Å². The Labute approximate surface area is 172 Å². The van der Waals surface area contributed by atoms with Gasteiger partial charge in [0.25, 0.3) is 5.89 Å². The number of hydrogen-bond donors (Lipinski definition) is 0. The molecule has 0 saturated heterocycles. The van der Waals surface area contributed by atoms with Gasteiger partial charge in [-0.2, -0.15) is 4.98 Å². The summed E-state index contributed by atoms with van der Waals surface area (Å²) in [7, 11) is 3.01. The van der Waals surface area contributed by atoms with Crippen molar-refractivity contribution in [3.8, 4) is 28.6 Å². The molecular formula is C20H19ClN2O6. The quantitative estimate of drug-likeness (QED) is 0.503. The molecule has 0 saturated carbocycles. The molecule has 152 valence electrons. The zero-order valence-corrected chi connectivity index (χ0v) is 16.9. The molecule has 29 heavy (non-hydrogen) atoms. The van der Waals surface area contributed by atoms with Gasteiger partial charge in [0.2, 0.25) is 5.82 Å². The summed E-state index contributed by atoms with van der Waals surface area (Å²) < 4.78 is 26.4. The largest absolute Gasteiger partial charge is 0.496 e. The third kappa shape index (κ3) is 4.60. The third-order valence-electron chi connectivity index (χ3n) is 3.90. The number of benzene rings is 2. The second kappa shape index (κ2) is 9.29. The lowest BCUT2D eigenvalue weighted by atomic mass is 10.2. The maximum Gasteiger partial charge on any atom is 0.338 e. The summed E-state index contributed by atoms with van der Waals surface area (Å²) in [4.78, 5) is 16.6. The summed E-state index contributed by atoms with van der Waals surface area (Å²) in [6, 6.07) is 10.2. The van der Waals surface area contributed by atoms with Gasteiger partial charge in [0.15, 0.2) is 18.1 Å². The fourth-order valence-electron chi connectivity index (χ4n) is 2.58. The van der Waals surface area contributed by atoms with Crippen LogP contribution in [0.2, 0.25) is 5.02 Å². The number of aromatic nitrogens is 2. The average Bonchev–Trinajstić information content (AvgIpc) is 3.22. The highest BCUT2D eigenvalue weighted by Crippen LogP contribution is 2.36. The Kier molecular flexibility index (Phi) is 6.56. The van der Waals surface area contributed by atoms with Crippen molar-refractivity contribution in [2.24, 2.45) is 0 Å². The normalized spacial score (nSPS) is 10.5. The lowest BCUT2D eigenvalue weighted by Crippen LogP contribution is -2.07. The average molecular weight is 419 g/mol. The minimum atomic E-state index is -0.620. The highest BCUT2D eigenvalue weighted by molar-refractivity contribution is 6.32. The van der Waals surface area contributed by atoms with Crippen molar-refractivity contribution < 1.29 is 28.3 Å². The Morgan fingerprint density at radius 2 is 1.90 bits per heavy atom. The number of esters is 1. The van der Waals surface area contributed by atoms with Crippen LogP contribution >= 0.6 is 11.6 Å². The van der Waals surface area contributed by atoms with E-state index in [0.717, 1.165) is 0 Å². The molecule has 0 radical (unpaired) electrons. The molecule has 0 aliphatic carbocycles. The Bertz CT molecular complexity index is 1000. The number of halogens is 1. The van der Waals surface area contributed by atoms with E-state index < -0.39 is 5.97 Å². The lowest BCUT2D eigenvalue weighted by Gasteiger charge is -2.12. The molecule has 3 aromatic rings. The molecule has 0 unspecified atom stereocenters. The SMILES string of the molecule is CCOc1c(Cl)cc(C(=O)OCc2nc(-c3ccccc3OC)no2)cc1OC. The fraction of sp³-hybridized carbons (Fsp3) is 0.250. The number of ether oxygens (including phenoxy) is 4. The summed E-state index contributed by atoms with van der Waals surface area (Å²) in [5.41, 5.74) is 0.874. The van der Waals surface area contributed by atoms with Gasteiger partial charge in [0.05, 0.1) is 37.0 Å². The predicted octanol–water partition coefficient (Wildman–Crippen LogP) is 4.16. The standard InChI is InChI=1S/C20H19ClN2O6/c1-4-27-18-14(21)9-12(10-16(18)26-3)20(24)28-11-17-22-19(23-29-17)13-7-5-6-8-15(13)25-2/h5-10H,4,11H2,1-3H3. The molecule has 0 spiro atoms. The van der Waals surface area contributed by atoms with Crippen LogP contribution in [0, 0.1) is 0 Å². The van der Waals surface area contributed by atoms with E-state index in [9.17, 15) is 4.79 Å². The van der Waals surface area contributed by atoms with Crippen molar-refractivity contribution >= 4 is 17.6 Å². The van der Waals surface area contributed by atoms with Gasteiger partial charge in [0.1, 0.15) is 5.75 Å². The van der Waals surface area contributed by atoms with E-state index in [1.165, 1.54) is 19.2 Å². The van der Waals surface area contributed by atoms with Crippen LogP contribution in [0.15, 0.2) is 40.9 Å². The molecule has 9 heteroatoms. The van der Waals surface area contributed by atoms with E-state index in [1.807, 2.05) is 19.1 Å². The summed E-state index contributed by atoms with van der Waals surface area (Å²) in [5.74, 6) is 1.16. The highest BCUT2D eigenvalue weighted by Gasteiger charge is 2.18. The van der Waals surface area contributed by atoms with Crippen molar-refractivity contribution in [1.82, 2.24) is 10.1 Å². The summed E-state index contributed by atoms with van der Waals surface area (Å²) in [6.45, 7) is 2.03. The van der Waals surface area contributed by atoms with Gasteiger partial charge in [-0.15, -0.1) is 0 Å². The van der Waals surface area contributed by atoms with E-state index in [0.29, 0.717) is 35.2 Å². The van der Waals surface area contributed by atoms with Gasteiger partial charge >= 0.3 is 5.97 Å². The molecular weight excluding hydrogens is 400 g/mol. The minimum Gasteiger partial charge on any atom is -0.496 e. The molecule has 0 bridgehead atoms. The summed E-state index contributed by atoms with van der Waals surface area (Å²) in [6.07, 6.45) is 0. The Morgan fingerprint density at radius 3 is 2.62 bits per heavy atom. The number of carbonyl (C=O) groups is 1. The zero-order chi connectivity index (χ0) is 20.8. The first-order valence-corrected chi connectivity index (χ1v) is 9.08. The van der Waals surface area contributed by atoms with Crippen molar-refractivity contribution in [2.75, 3.05) is 20.8 Å². The van der Waals surface area contributed by atoms with Crippen molar-refractivity contribution in [1.29, 1.82) is 0 Å². The first kappa shape index (κ1) is 20.5. The maximum atomic E-state index is 12.4. The van der Waals surface area contributed by atoms with Gasteiger partial charge < -0.3 is 23.5 Å². The first-order valence-electron chi connectivity index (χ1n) is 8.70. The molecule has 0 aliphatic rings. The van der Waals surface area contributed by atoms with Crippen LogP contribution in [-0.2, 0) is 11.3 Å². The topological polar surface area (TPSA) is 92.9 Å². The van der Waals surface area contributed by atoms with E-state index >= 15 is 0 Å². The zero-order valence-electron chi connectivity index (χ0n) is 16.1. The van der Waals surface area contributed by atoms with E-state index in [4.69, 9.17) is 35.1 Å².